The topological polar surface area (TPSA) is 136 Å². The van der Waals surface area contributed by atoms with Crippen molar-refractivity contribution in [2.45, 2.75) is 19.9 Å². The standard InChI is InChI=1S/C11H17N9O/c1-7(2)15-8(21)6-13-9-16-10(19-12)18-11(17-9)20-5-3-4-14-20/h3-5,7H,6,12H2,1-2H3,(H,15,21)(H2,13,16,17,18,19). The summed E-state index contributed by atoms with van der Waals surface area (Å²) in [5.74, 6) is 5.84. The third-order valence-electron chi connectivity index (χ3n) is 2.32. The predicted octanol–water partition coefficient (Wildman–Crippen LogP) is -0.721. The van der Waals surface area contributed by atoms with Crippen molar-refractivity contribution in [2.75, 3.05) is 17.3 Å². The highest BCUT2D eigenvalue weighted by Crippen LogP contribution is 2.07. The van der Waals surface area contributed by atoms with Gasteiger partial charge >= 0.3 is 0 Å². The Bertz CT molecular complexity index is 596. The van der Waals surface area contributed by atoms with E-state index in [4.69, 9.17) is 5.84 Å². The summed E-state index contributed by atoms with van der Waals surface area (Å²) < 4.78 is 1.46. The van der Waals surface area contributed by atoms with Crippen LogP contribution in [0.15, 0.2) is 18.5 Å². The number of amides is 1. The molecule has 10 heteroatoms. The maximum absolute atomic E-state index is 11.6. The van der Waals surface area contributed by atoms with Crippen molar-refractivity contribution in [1.82, 2.24) is 30.0 Å². The number of carbonyl (C=O) groups is 1. The maximum Gasteiger partial charge on any atom is 0.257 e. The molecular weight excluding hydrogens is 274 g/mol. The summed E-state index contributed by atoms with van der Waals surface area (Å²) in [5.41, 5.74) is 2.35. The molecule has 112 valence electrons. The molecular formula is C11H17N9O. The van der Waals surface area contributed by atoms with E-state index in [-0.39, 0.29) is 36.3 Å². The Hall–Kier alpha value is -2.75. The molecule has 0 saturated heterocycles. The summed E-state index contributed by atoms with van der Waals surface area (Å²) in [6, 6.07) is 1.81. The average Bonchev–Trinajstić information content (AvgIpc) is 2.98. The number of nitrogens with zero attached hydrogens (tertiary/aromatic N) is 5. The Kier molecular flexibility index (Phi) is 4.61. The molecule has 0 aliphatic carbocycles. The molecule has 0 fully saturated rings. The Balaban J connectivity index is 2.12. The maximum atomic E-state index is 11.6. The van der Waals surface area contributed by atoms with Gasteiger partial charge in [-0.1, -0.05) is 0 Å². The first-order chi connectivity index (χ1) is 10.1. The molecule has 5 N–H and O–H groups in total. The van der Waals surface area contributed by atoms with Crippen molar-refractivity contribution < 1.29 is 4.79 Å². The van der Waals surface area contributed by atoms with Gasteiger partial charge in [0.2, 0.25) is 17.8 Å². The van der Waals surface area contributed by atoms with Gasteiger partial charge in [-0.05, 0) is 19.9 Å². The molecule has 0 unspecified atom stereocenters. The van der Waals surface area contributed by atoms with E-state index in [1.54, 1.807) is 18.5 Å². The van der Waals surface area contributed by atoms with Crippen LogP contribution in [0.4, 0.5) is 11.9 Å². The number of hydrazine groups is 1. The van der Waals surface area contributed by atoms with Gasteiger partial charge < -0.3 is 10.6 Å². The summed E-state index contributed by atoms with van der Waals surface area (Å²) in [4.78, 5) is 23.9. The number of hydrogen-bond acceptors (Lipinski definition) is 8. The Labute approximate surface area is 121 Å². The van der Waals surface area contributed by atoms with Crippen LogP contribution in [0.2, 0.25) is 0 Å². The molecule has 0 aliphatic heterocycles. The van der Waals surface area contributed by atoms with Gasteiger partial charge in [-0.2, -0.15) is 20.1 Å². The molecule has 0 spiro atoms. The van der Waals surface area contributed by atoms with E-state index in [0.29, 0.717) is 0 Å². The minimum Gasteiger partial charge on any atom is -0.352 e. The number of carbonyl (C=O) groups excluding carboxylic acids is 1. The van der Waals surface area contributed by atoms with Crippen LogP contribution in [-0.2, 0) is 4.79 Å². The lowest BCUT2D eigenvalue weighted by Crippen LogP contribution is -2.35. The van der Waals surface area contributed by atoms with Crippen LogP contribution in [0.25, 0.3) is 5.95 Å². The molecule has 0 saturated carbocycles. The lowest BCUT2D eigenvalue weighted by molar-refractivity contribution is -0.119. The Morgan fingerprint density at radius 3 is 2.71 bits per heavy atom. The number of anilines is 2. The van der Waals surface area contributed by atoms with Crippen molar-refractivity contribution in [3.05, 3.63) is 18.5 Å². The summed E-state index contributed by atoms with van der Waals surface area (Å²) in [7, 11) is 0. The zero-order valence-corrected chi connectivity index (χ0v) is 11.7. The summed E-state index contributed by atoms with van der Waals surface area (Å²) in [5, 5.41) is 9.60. The van der Waals surface area contributed by atoms with Crippen molar-refractivity contribution in [1.29, 1.82) is 0 Å². The summed E-state index contributed by atoms with van der Waals surface area (Å²) >= 11 is 0. The van der Waals surface area contributed by atoms with Crippen LogP contribution < -0.4 is 21.9 Å². The third-order valence-corrected chi connectivity index (χ3v) is 2.32. The van der Waals surface area contributed by atoms with Gasteiger partial charge in [-0.3, -0.25) is 10.2 Å². The number of hydrogen-bond donors (Lipinski definition) is 4. The van der Waals surface area contributed by atoms with E-state index in [1.165, 1.54) is 4.68 Å². The van der Waals surface area contributed by atoms with Crippen LogP contribution in [0, 0.1) is 0 Å². The minimum atomic E-state index is -0.159. The normalized spacial score (nSPS) is 10.5. The molecule has 21 heavy (non-hydrogen) atoms. The highest BCUT2D eigenvalue weighted by molar-refractivity contribution is 5.80. The largest absolute Gasteiger partial charge is 0.352 e. The van der Waals surface area contributed by atoms with Gasteiger partial charge in [0.05, 0.1) is 6.54 Å². The SMILES string of the molecule is CC(C)NC(=O)CNc1nc(NN)nc(-n2cccn2)n1. The minimum absolute atomic E-state index is 0.0464. The smallest absolute Gasteiger partial charge is 0.257 e. The molecule has 0 bridgehead atoms. The molecule has 2 aromatic rings. The van der Waals surface area contributed by atoms with Crippen LogP contribution in [0.3, 0.4) is 0 Å². The lowest BCUT2D eigenvalue weighted by atomic mass is 10.4. The zero-order chi connectivity index (χ0) is 15.2. The zero-order valence-electron chi connectivity index (χ0n) is 11.7. The van der Waals surface area contributed by atoms with E-state index in [9.17, 15) is 4.79 Å². The van der Waals surface area contributed by atoms with E-state index in [2.05, 4.69) is 36.1 Å². The number of nitrogens with two attached hydrogens (primary N) is 1. The lowest BCUT2D eigenvalue weighted by Gasteiger charge is -2.10. The fourth-order valence-corrected chi connectivity index (χ4v) is 1.53. The molecule has 2 heterocycles. The summed E-state index contributed by atoms with van der Waals surface area (Å²) in [6.07, 6.45) is 3.29. The summed E-state index contributed by atoms with van der Waals surface area (Å²) in [6.45, 7) is 3.81. The third kappa shape index (κ3) is 4.11. The van der Waals surface area contributed by atoms with Gasteiger partial charge in [0.25, 0.3) is 5.95 Å². The Morgan fingerprint density at radius 1 is 1.33 bits per heavy atom. The van der Waals surface area contributed by atoms with Gasteiger partial charge in [-0.15, -0.1) is 0 Å². The highest BCUT2D eigenvalue weighted by Gasteiger charge is 2.09. The molecule has 0 atom stereocenters. The molecule has 2 rings (SSSR count). The van der Waals surface area contributed by atoms with Crippen LogP contribution in [-0.4, -0.2) is 43.2 Å². The first-order valence-corrected chi connectivity index (χ1v) is 6.34. The molecule has 0 aliphatic rings. The van der Waals surface area contributed by atoms with Gasteiger partial charge in [0.15, 0.2) is 0 Å². The van der Waals surface area contributed by atoms with Crippen molar-refractivity contribution in [3.8, 4) is 5.95 Å². The number of rotatable bonds is 6. The predicted molar refractivity (Wildman–Crippen MR) is 76.5 cm³/mol. The van der Waals surface area contributed by atoms with E-state index < -0.39 is 0 Å². The van der Waals surface area contributed by atoms with E-state index >= 15 is 0 Å². The first-order valence-electron chi connectivity index (χ1n) is 6.34. The van der Waals surface area contributed by atoms with Crippen LogP contribution >= 0.6 is 0 Å². The molecule has 1 amide bonds. The first kappa shape index (κ1) is 14.7. The van der Waals surface area contributed by atoms with Gasteiger partial charge in [0.1, 0.15) is 0 Å². The second-order valence-corrected chi connectivity index (χ2v) is 4.45. The second-order valence-electron chi connectivity index (χ2n) is 4.45. The monoisotopic (exact) mass is 291 g/mol. The molecule has 2 aromatic heterocycles. The quantitative estimate of drug-likeness (QED) is 0.404. The van der Waals surface area contributed by atoms with Gasteiger partial charge in [0, 0.05) is 18.4 Å². The molecule has 0 radical (unpaired) electrons. The number of nitrogens with one attached hydrogen (secondary N) is 3. The van der Waals surface area contributed by atoms with Crippen LogP contribution in [0.5, 0.6) is 0 Å². The van der Waals surface area contributed by atoms with Crippen molar-refractivity contribution >= 4 is 17.8 Å². The van der Waals surface area contributed by atoms with Crippen LogP contribution in [0.1, 0.15) is 13.8 Å². The number of nitrogen functional groups attached to an aromatic ring is 1. The second kappa shape index (κ2) is 6.61. The molecule has 10 nitrogen and oxygen atoms in total. The Morgan fingerprint density at radius 2 is 2.10 bits per heavy atom. The van der Waals surface area contributed by atoms with E-state index in [0.717, 1.165) is 0 Å². The van der Waals surface area contributed by atoms with Gasteiger partial charge in [-0.25, -0.2) is 10.5 Å². The molecule has 0 aromatic carbocycles. The average molecular weight is 291 g/mol. The fraction of sp³-hybridized carbons (Fsp3) is 0.364. The van der Waals surface area contributed by atoms with Crippen molar-refractivity contribution in [2.24, 2.45) is 5.84 Å². The van der Waals surface area contributed by atoms with E-state index in [1.807, 2.05) is 13.8 Å². The fourth-order valence-electron chi connectivity index (χ4n) is 1.53. The van der Waals surface area contributed by atoms with Crippen molar-refractivity contribution in [3.63, 3.8) is 0 Å². The number of aromatic nitrogens is 5. The highest BCUT2D eigenvalue weighted by atomic mass is 16.1.